The standard InChI is InChI=1S/C16H15FN4O/c1-10-14-15(18-9-19-16(14)22-20-10)21(13-5-6-13)8-11-3-2-4-12(17)7-11/h2-4,7,9,13H,5-6,8H2,1H3. The van der Waals surface area contributed by atoms with E-state index in [1.807, 2.05) is 13.0 Å². The summed E-state index contributed by atoms with van der Waals surface area (Å²) >= 11 is 0. The van der Waals surface area contributed by atoms with Crippen LogP contribution < -0.4 is 4.90 Å². The summed E-state index contributed by atoms with van der Waals surface area (Å²) in [6, 6.07) is 7.11. The van der Waals surface area contributed by atoms with Gasteiger partial charge < -0.3 is 9.42 Å². The Morgan fingerprint density at radius 3 is 2.95 bits per heavy atom. The largest absolute Gasteiger partial charge is 0.349 e. The highest BCUT2D eigenvalue weighted by Gasteiger charge is 2.32. The van der Waals surface area contributed by atoms with Crippen LogP contribution in [0.25, 0.3) is 11.1 Å². The van der Waals surface area contributed by atoms with Crippen LogP contribution in [0, 0.1) is 12.7 Å². The van der Waals surface area contributed by atoms with Crippen LogP contribution in [0.15, 0.2) is 35.1 Å². The molecule has 3 aromatic rings. The molecule has 5 nitrogen and oxygen atoms in total. The quantitative estimate of drug-likeness (QED) is 0.740. The molecule has 0 saturated heterocycles. The number of aromatic nitrogens is 3. The molecule has 0 N–H and O–H groups in total. The van der Waals surface area contributed by atoms with Gasteiger partial charge in [0.05, 0.1) is 5.69 Å². The van der Waals surface area contributed by atoms with Crippen LogP contribution in [0.3, 0.4) is 0 Å². The Labute approximate surface area is 126 Å². The van der Waals surface area contributed by atoms with E-state index in [2.05, 4.69) is 20.0 Å². The number of aryl methyl sites for hydroxylation is 1. The van der Waals surface area contributed by atoms with Crippen molar-refractivity contribution in [1.29, 1.82) is 0 Å². The van der Waals surface area contributed by atoms with E-state index < -0.39 is 0 Å². The van der Waals surface area contributed by atoms with E-state index in [0.717, 1.165) is 35.3 Å². The highest BCUT2D eigenvalue weighted by Crippen LogP contribution is 2.36. The first kappa shape index (κ1) is 13.2. The second-order valence-electron chi connectivity index (χ2n) is 5.63. The van der Waals surface area contributed by atoms with Gasteiger partial charge in [-0.05, 0) is 37.5 Å². The maximum atomic E-state index is 13.4. The van der Waals surface area contributed by atoms with Crippen molar-refractivity contribution >= 4 is 16.9 Å². The molecule has 1 saturated carbocycles. The highest BCUT2D eigenvalue weighted by molar-refractivity contribution is 5.88. The van der Waals surface area contributed by atoms with Crippen LogP contribution >= 0.6 is 0 Å². The van der Waals surface area contributed by atoms with Gasteiger partial charge in [0.2, 0.25) is 0 Å². The summed E-state index contributed by atoms with van der Waals surface area (Å²) < 4.78 is 18.7. The van der Waals surface area contributed by atoms with Gasteiger partial charge in [-0.3, -0.25) is 0 Å². The molecule has 1 aromatic carbocycles. The smallest absolute Gasteiger partial charge is 0.263 e. The predicted octanol–water partition coefficient (Wildman–Crippen LogP) is 3.23. The summed E-state index contributed by atoms with van der Waals surface area (Å²) in [5, 5.41) is 4.81. The Balaban J connectivity index is 1.77. The van der Waals surface area contributed by atoms with E-state index in [4.69, 9.17) is 4.52 Å². The molecule has 6 heteroatoms. The number of hydrogen-bond acceptors (Lipinski definition) is 5. The second-order valence-corrected chi connectivity index (χ2v) is 5.63. The van der Waals surface area contributed by atoms with Gasteiger partial charge in [0.15, 0.2) is 0 Å². The molecule has 1 fully saturated rings. The maximum absolute atomic E-state index is 13.4. The number of anilines is 1. The minimum Gasteiger partial charge on any atom is -0.349 e. The van der Waals surface area contributed by atoms with Gasteiger partial charge in [0.1, 0.15) is 23.3 Å². The molecule has 0 aliphatic heterocycles. The molecular formula is C16H15FN4O. The Bertz CT molecular complexity index is 828. The molecule has 0 amide bonds. The van der Waals surface area contributed by atoms with Crippen molar-refractivity contribution in [2.45, 2.75) is 32.4 Å². The van der Waals surface area contributed by atoms with E-state index in [1.54, 1.807) is 12.1 Å². The summed E-state index contributed by atoms with van der Waals surface area (Å²) in [6.45, 7) is 2.49. The lowest BCUT2D eigenvalue weighted by Gasteiger charge is -2.24. The molecule has 22 heavy (non-hydrogen) atoms. The number of rotatable bonds is 4. The van der Waals surface area contributed by atoms with E-state index in [1.165, 1.54) is 12.4 Å². The first-order valence-electron chi connectivity index (χ1n) is 7.30. The van der Waals surface area contributed by atoms with E-state index >= 15 is 0 Å². The zero-order valence-corrected chi connectivity index (χ0v) is 12.2. The molecule has 0 spiro atoms. The summed E-state index contributed by atoms with van der Waals surface area (Å²) in [4.78, 5) is 10.8. The molecule has 1 aliphatic rings. The van der Waals surface area contributed by atoms with Gasteiger partial charge in [-0.1, -0.05) is 17.3 Å². The fraction of sp³-hybridized carbons (Fsp3) is 0.312. The molecule has 1 aliphatic carbocycles. The third-order valence-corrected chi connectivity index (χ3v) is 3.92. The fourth-order valence-corrected chi connectivity index (χ4v) is 2.72. The molecule has 2 heterocycles. The van der Waals surface area contributed by atoms with Gasteiger partial charge in [0, 0.05) is 12.6 Å². The minimum absolute atomic E-state index is 0.220. The molecular weight excluding hydrogens is 283 g/mol. The van der Waals surface area contributed by atoms with E-state index in [-0.39, 0.29) is 5.82 Å². The average molecular weight is 298 g/mol. The lowest BCUT2D eigenvalue weighted by molar-refractivity contribution is 0.442. The Kier molecular flexibility index (Phi) is 3.03. The first-order chi connectivity index (χ1) is 10.7. The number of fused-ring (bicyclic) bond motifs is 1. The molecule has 0 radical (unpaired) electrons. The van der Waals surface area contributed by atoms with Crippen molar-refractivity contribution in [3.8, 4) is 0 Å². The molecule has 112 valence electrons. The van der Waals surface area contributed by atoms with E-state index in [9.17, 15) is 4.39 Å². The molecule has 0 atom stereocenters. The number of halogens is 1. The van der Waals surface area contributed by atoms with Crippen LogP contribution in [-0.2, 0) is 6.54 Å². The Morgan fingerprint density at radius 2 is 2.18 bits per heavy atom. The molecule has 2 aromatic heterocycles. The van der Waals surface area contributed by atoms with Crippen molar-refractivity contribution in [3.63, 3.8) is 0 Å². The van der Waals surface area contributed by atoms with Crippen molar-refractivity contribution < 1.29 is 8.91 Å². The summed E-state index contributed by atoms with van der Waals surface area (Å²) in [6.07, 6.45) is 3.72. The maximum Gasteiger partial charge on any atom is 0.263 e. The van der Waals surface area contributed by atoms with Gasteiger partial charge in [-0.25, -0.2) is 9.37 Å². The molecule has 0 bridgehead atoms. The highest BCUT2D eigenvalue weighted by atomic mass is 19.1. The molecule has 0 unspecified atom stereocenters. The summed E-state index contributed by atoms with van der Waals surface area (Å²) in [5.41, 5.74) is 2.19. The number of hydrogen-bond donors (Lipinski definition) is 0. The van der Waals surface area contributed by atoms with Crippen LogP contribution in [0.5, 0.6) is 0 Å². The predicted molar refractivity (Wildman–Crippen MR) is 79.9 cm³/mol. The normalized spacial score (nSPS) is 14.5. The van der Waals surface area contributed by atoms with Gasteiger partial charge in [-0.2, -0.15) is 4.98 Å². The van der Waals surface area contributed by atoms with Crippen molar-refractivity contribution in [2.75, 3.05) is 4.90 Å². The van der Waals surface area contributed by atoms with Crippen molar-refractivity contribution in [2.24, 2.45) is 0 Å². The fourth-order valence-electron chi connectivity index (χ4n) is 2.72. The van der Waals surface area contributed by atoms with Crippen molar-refractivity contribution in [3.05, 3.63) is 47.7 Å². The zero-order valence-electron chi connectivity index (χ0n) is 12.2. The Morgan fingerprint density at radius 1 is 1.32 bits per heavy atom. The van der Waals surface area contributed by atoms with Gasteiger partial charge in [0.25, 0.3) is 5.71 Å². The average Bonchev–Trinajstić information content (AvgIpc) is 3.29. The first-order valence-corrected chi connectivity index (χ1v) is 7.30. The lowest BCUT2D eigenvalue weighted by atomic mass is 10.2. The number of benzene rings is 1. The van der Waals surface area contributed by atoms with E-state index in [0.29, 0.717) is 18.3 Å². The lowest BCUT2D eigenvalue weighted by Crippen LogP contribution is -2.26. The SMILES string of the molecule is Cc1noc2ncnc(N(Cc3cccc(F)c3)C3CC3)c12. The Hall–Kier alpha value is -2.50. The van der Waals surface area contributed by atoms with Crippen LogP contribution in [0.1, 0.15) is 24.1 Å². The van der Waals surface area contributed by atoms with Crippen LogP contribution in [0.4, 0.5) is 10.2 Å². The minimum atomic E-state index is -0.220. The second kappa shape index (κ2) is 5.05. The van der Waals surface area contributed by atoms with Crippen LogP contribution in [-0.4, -0.2) is 21.2 Å². The summed E-state index contributed by atoms with van der Waals surface area (Å²) in [7, 11) is 0. The van der Waals surface area contributed by atoms with Crippen LogP contribution in [0.2, 0.25) is 0 Å². The zero-order chi connectivity index (χ0) is 15.1. The monoisotopic (exact) mass is 298 g/mol. The van der Waals surface area contributed by atoms with Crippen molar-refractivity contribution in [1.82, 2.24) is 15.1 Å². The number of nitrogens with zero attached hydrogens (tertiary/aromatic N) is 4. The third kappa shape index (κ3) is 2.30. The summed E-state index contributed by atoms with van der Waals surface area (Å²) in [5.74, 6) is 0.595. The topological polar surface area (TPSA) is 55.1 Å². The van der Waals surface area contributed by atoms with Gasteiger partial charge >= 0.3 is 0 Å². The molecule has 4 rings (SSSR count). The third-order valence-electron chi connectivity index (χ3n) is 3.92. The van der Waals surface area contributed by atoms with Gasteiger partial charge in [-0.15, -0.1) is 0 Å².